The van der Waals surface area contributed by atoms with Crippen LogP contribution >= 0.6 is 0 Å². The molecule has 0 aromatic carbocycles. The van der Waals surface area contributed by atoms with Crippen molar-refractivity contribution in [1.29, 1.82) is 0 Å². The van der Waals surface area contributed by atoms with Gasteiger partial charge in [0, 0.05) is 26.8 Å². The minimum absolute atomic E-state index is 0.0385. The molecule has 2 aliphatic heterocycles. The van der Waals surface area contributed by atoms with E-state index in [1.165, 1.54) is 25.7 Å². The third kappa shape index (κ3) is 5.52. The fourth-order valence-electron chi connectivity index (χ4n) is 3.53. The molecular weight excluding hydrogens is 278 g/mol. The van der Waals surface area contributed by atoms with Gasteiger partial charge in [-0.15, -0.1) is 0 Å². The summed E-state index contributed by atoms with van der Waals surface area (Å²) in [5.74, 6) is 0.859. The number of hydrogen-bond donors (Lipinski definition) is 1. The van der Waals surface area contributed by atoms with Crippen LogP contribution in [0.5, 0.6) is 0 Å². The third-order valence-corrected chi connectivity index (χ3v) is 5.16. The summed E-state index contributed by atoms with van der Waals surface area (Å²) in [6.45, 7) is 9.35. The molecule has 2 rings (SSSR count). The van der Waals surface area contributed by atoms with Crippen LogP contribution < -0.4 is 5.32 Å². The lowest BCUT2D eigenvalue weighted by molar-refractivity contribution is -0.125. The van der Waals surface area contributed by atoms with Crippen molar-refractivity contribution in [1.82, 2.24) is 15.1 Å². The van der Waals surface area contributed by atoms with E-state index in [0.29, 0.717) is 5.92 Å². The number of rotatable bonds is 8. The molecule has 1 unspecified atom stereocenters. The normalized spacial score (nSPS) is 22.8. The van der Waals surface area contributed by atoms with Crippen LogP contribution in [0.4, 0.5) is 0 Å². The molecule has 2 saturated heterocycles. The second-order valence-electron chi connectivity index (χ2n) is 6.80. The van der Waals surface area contributed by atoms with Crippen LogP contribution in [-0.2, 0) is 9.53 Å². The highest BCUT2D eigenvalue weighted by Gasteiger charge is 2.25. The van der Waals surface area contributed by atoms with Gasteiger partial charge in [-0.1, -0.05) is 0 Å². The highest BCUT2D eigenvalue weighted by atomic mass is 16.5. The zero-order chi connectivity index (χ0) is 15.8. The van der Waals surface area contributed by atoms with Gasteiger partial charge in [0.25, 0.3) is 0 Å². The van der Waals surface area contributed by atoms with Crippen LogP contribution in [0.2, 0.25) is 0 Å². The molecule has 2 fully saturated rings. The molecule has 0 bridgehead atoms. The lowest BCUT2D eigenvalue weighted by Crippen LogP contribution is -2.46. The second-order valence-corrected chi connectivity index (χ2v) is 6.80. The maximum absolute atomic E-state index is 12.2. The largest absolute Gasteiger partial charge is 0.385 e. The molecule has 1 N–H and O–H groups in total. The van der Waals surface area contributed by atoms with Crippen molar-refractivity contribution >= 4 is 5.91 Å². The molecule has 2 aliphatic rings. The zero-order valence-corrected chi connectivity index (χ0v) is 14.4. The van der Waals surface area contributed by atoms with Gasteiger partial charge in [-0.3, -0.25) is 9.69 Å². The average Bonchev–Trinajstić information content (AvgIpc) is 3.07. The van der Waals surface area contributed by atoms with Gasteiger partial charge in [0.15, 0.2) is 0 Å². The molecule has 1 atom stereocenters. The first kappa shape index (κ1) is 17.7. The minimum atomic E-state index is 0.0385. The van der Waals surface area contributed by atoms with Crippen molar-refractivity contribution in [2.75, 3.05) is 53.0 Å². The Morgan fingerprint density at radius 2 is 1.91 bits per heavy atom. The lowest BCUT2D eigenvalue weighted by atomic mass is 9.96. The Balaban J connectivity index is 1.59. The molecule has 0 aromatic rings. The molecule has 1 amide bonds. The molecule has 22 heavy (non-hydrogen) atoms. The van der Waals surface area contributed by atoms with Crippen LogP contribution in [0.15, 0.2) is 0 Å². The van der Waals surface area contributed by atoms with Gasteiger partial charge >= 0.3 is 0 Å². The fourth-order valence-corrected chi connectivity index (χ4v) is 3.53. The van der Waals surface area contributed by atoms with E-state index in [0.717, 1.165) is 52.3 Å². The predicted octanol–water partition coefficient (Wildman–Crippen LogP) is 1.34. The van der Waals surface area contributed by atoms with Gasteiger partial charge in [-0.2, -0.15) is 0 Å². The number of piperidine rings is 1. The molecular formula is C17H33N3O2. The molecule has 0 spiro atoms. The Labute approximate surface area is 135 Å². The SMILES string of the molecule is COCCCN1CCC(CNC(=O)C(C)N2CCCC2)CC1. The molecule has 5 heteroatoms. The third-order valence-electron chi connectivity index (χ3n) is 5.16. The zero-order valence-electron chi connectivity index (χ0n) is 14.4. The quantitative estimate of drug-likeness (QED) is 0.687. The van der Waals surface area contributed by atoms with Gasteiger partial charge < -0.3 is 15.0 Å². The molecule has 5 nitrogen and oxygen atoms in total. The van der Waals surface area contributed by atoms with Gasteiger partial charge in [0.1, 0.15) is 0 Å². The predicted molar refractivity (Wildman–Crippen MR) is 88.9 cm³/mol. The lowest BCUT2D eigenvalue weighted by Gasteiger charge is -2.32. The van der Waals surface area contributed by atoms with Gasteiger partial charge in [0.05, 0.1) is 6.04 Å². The number of likely N-dealkylation sites (tertiary alicyclic amines) is 2. The summed E-state index contributed by atoms with van der Waals surface area (Å²) in [7, 11) is 1.76. The monoisotopic (exact) mass is 311 g/mol. The van der Waals surface area contributed by atoms with E-state index in [9.17, 15) is 4.79 Å². The maximum Gasteiger partial charge on any atom is 0.237 e. The summed E-state index contributed by atoms with van der Waals surface area (Å²) in [4.78, 5) is 17.1. The number of carbonyl (C=O) groups excluding carboxylic acids is 1. The van der Waals surface area contributed by atoms with E-state index in [4.69, 9.17) is 4.74 Å². The summed E-state index contributed by atoms with van der Waals surface area (Å²) < 4.78 is 5.11. The number of nitrogens with one attached hydrogen (secondary N) is 1. The highest BCUT2D eigenvalue weighted by Crippen LogP contribution is 2.17. The Morgan fingerprint density at radius 3 is 2.55 bits per heavy atom. The molecule has 0 aromatic heterocycles. The van der Waals surface area contributed by atoms with Crippen LogP contribution in [0.3, 0.4) is 0 Å². The van der Waals surface area contributed by atoms with E-state index in [-0.39, 0.29) is 11.9 Å². The Bertz CT molecular complexity index is 324. The first-order valence-electron chi connectivity index (χ1n) is 8.93. The molecule has 0 saturated carbocycles. The van der Waals surface area contributed by atoms with Crippen molar-refractivity contribution in [3.63, 3.8) is 0 Å². The number of amides is 1. The smallest absolute Gasteiger partial charge is 0.237 e. The van der Waals surface area contributed by atoms with Gasteiger partial charge in [-0.05, 0) is 71.1 Å². The Morgan fingerprint density at radius 1 is 1.23 bits per heavy atom. The van der Waals surface area contributed by atoms with Crippen molar-refractivity contribution in [2.45, 2.75) is 45.1 Å². The van der Waals surface area contributed by atoms with Crippen molar-refractivity contribution in [3.8, 4) is 0 Å². The van der Waals surface area contributed by atoms with E-state index < -0.39 is 0 Å². The number of hydrogen-bond acceptors (Lipinski definition) is 4. The summed E-state index contributed by atoms with van der Waals surface area (Å²) in [5, 5.41) is 3.18. The minimum Gasteiger partial charge on any atom is -0.385 e. The molecule has 2 heterocycles. The van der Waals surface area contributed by atoms with Crippen molar-refractivity contribution < 1.29 is 9.53 Å². The standard InChI is InChI=1S/C17H33N3O2/c1-15(20-9-3-4-10-20)17(21)18-14-16-6-11-19(12-7-16)8-5-13-22-2/h15-16H,3-14H2,1-2H3,(H,18,21). The molecule has 128 valence electrons. The number of nitrogens with zero attached hydrogens (tertiary/aromatic N) is 2. The maximum atomic E-state index is 12.2. The number of ether oxygens (including phenoxy) is 1. The average molecular weight is 311 g/mol. The van der Waals surface area contributed by atoms with Crippen molar-refractivity contribution in [2.24, 2.45) is 5.92 Å². The Kier molecular flexibility index (Phi) is 7.63. The van der Waals surface area contributed by atoms with Crippen LogP contribution in [-0.4, -0.2) is 74.7 Å². The first-order valence-corrected chi connectivity index (χ1v) is 8.93. The Hall–Kier alpha value is -0.650. The summed E-state index contributed by atoms with van der Waals surface area (Å²) in [5.41, 5.74) is 0. The fraction of sp³-hybridized carbons (Fsp3) is 0.941. The van der Waals surface area contributed by atoms with Crippen LogP contribution in [0, 0.1) is 5.92 Å². The topological polar surface area (TPSA) is 44.8 Å². The molecule has 0 aliphatic carbocycles. The summed E-state index contributed by atoms with van der Waals surface area (Å²) in [6.07, 6.45) is 5.99. The molecule has 0 radical (unpaired) electrons. The number of carbonyl (C=O) groups is 1. The summed E-state index contributed by atoms with van der Waals surface area (Å²) >= 11 is 0. The second kappa shape index (κ2) is 9.48. The van der Waals surface area contributed by atoms with Crippen LogP contribution in [0.1, 0.15) is 39.0 Å². The van der Waals surface area contributed by atoms with Gasteiger partial charge in [0.2, 0.25) is 5.91 Å². The van der Waals surface area contributed by atoms with E-state index in [1.54, 1.807) is 7.11 Å². The van der Waals surface area contributed by atoms with E-state index in [2.05, 4.69) is 15.1 Å². The number of methoxy groups -OCH3 is 1. The highest BCUT2D eigenvalue weighted by molar-refractivity contribution is 5.81. The summed E-state index contributed by atoms with van der Waals surface area (Å²) in [6, 6.07) is 0.0385. The first-order chi connectivity index (χ1) is 10.7. The van der Waals surface area contributed by atoms with E-state index >= 15 is 0 Å². The van der Waals surface area contributed by atoms with Crippen LogP contribution in [0.25, 0.3) is 0 Å². The van der Waals surface area contributed by atoms with Crippen molar-refractivity contribution in [3.05, 3.63) is 0 Å². The van der Waals surface area contributed by atoms with Gasteiger partial charge in [-0.25, -0.2) is 0 Å². The van der Waals surface area contributed by atoms with E-state index in [1.807, 2.05) is 6.92 Å².